The third kappa shape index (κ3) is 4.68. The Balaban J connectivity index is 1.41. The van der Waals surface area contributed by atoms with Crippen LogP contribution in [0.2, 0.25) is 5.02 Å². The number of hydrogen-bond donors (Lipinski definition) is 2. The Morgan fingerprint density at radius 3 is 2.57 bits per heavy atom. The molecule has 1 saturated carbocycles. The molecule has 2 atom stereocenters. The third-order valence-corrected chi connectivity index (χ3v) is 9.18. The van der Waals surface area contributed by atoms with Crippen LogP contribution in [-0.2, 0) is 14.8 Å². The van der Waals surface area contributed by atoms with Crippen LogP contribution in [0, 0.1) is 0 Å². The summed E-state index contributed by atoms with van der Waals surface area (Å²) in [5.74, 6) is -0.889. The van der Waals surface area contributed by atoms with Crippen molar-refractivity contribution in [1.29, 1.82) is 0 Å². The number of nitrogens with zero attached hydrogens (tertiary/aromatic N) is 1. The number of thiophene rings is 1. The predicted molar refractivity (Wildman–Crippen MR) is 134 cm³/mol. The van der Waals surface area contributed by atoms with Gasteiger partial charge in [0, 0.05) is 27.6 Å². The Bertz CT molecular complexity index is 1490. The van der Waals surface area contributed by atoms with E-state index in [1.165, 1.54) is 6.07 Å². The average molecular weight is 527 g/mol. The van der Waals surface area contributed by atoms with Gasteiger partial charge in [-0.1, -0.05) is 41.9 Å². The molecule has 4 aromatic rings. The highest BCUT2D eigenvalue weighted by atomic mass is 35.5. The Hall–Kier alpha value is -3.24. The SMILES string of the molecule is O=C(O)[C@@]1(NS(=O)(=O)c2ccc(-c3ccc(Cl)cc3)s2)C[C@H]1c1ccccc1Oc1cccnc1. The molecule has 1 fully saturated rings. The molecule has 0 amide bonds. The summed E-state index contributed by atoms with van der Waals surface area (Å²) in [7, 11) is -4.10. The largest absolute Gasteiger partial charge is 0.480 e. The van der Waals surface area contributed by atoms with Gasteiger partial charge in [0.1, 0.15) is 21.2 Å². The van der Waals surface area contributed by atoms with E-state index in [1.807, 2.05) is 0 Å². The summed E-state index contributed by atoms with van der Waals surface area (Å²) >= 11 is 7.00. The number of carbonyl (C=O) groups is 1. The summed E-state index contributed by atoms with van der Waals surface area (Å²) in [5.41, 5.74) is -0.244. The van der Waals surface area contributed by atoms with Crippen LogP contribution < -0.4 is 9.46 Å². The quantitative estimate of drug-likeness (QED) is 0.312. The number of para-hydroxylation sites is 1. The van der Waals surface area contributed by atoms with Crippen molar-refractivity contribution in [2.75, 3.05) is 0 Å². The molecule has 0 aliphatic heterocycles. The number of carboxylic acid groups (broad SMARTS) is 1. The van der Waals surface area contributed by atoms with E-state index in [9.17, 15) is 18.3 Å². The molecule has 5 rings (SSSR count). The van der Waals surface area contributed by atoms with Crippen molar-refractivity contribution in [2.24, 2.45) is 0 Å². The first-order chi connectivity index (χ1) is 16.8. The Labute approximate surface area is 211 Å². The van der Waals surface area contributed by atoms with Gasteiger partial charge >= 0.3 is 5.97 Å². The summed E-state index contributed by atoms with van der Waals surface area (Å²) in [5, 5.41) is 10.6. The zero-order valence-electron chi connectivity index (χ0n) is 18.1. The van der Waals surface area contributed by atoms with Gasteiger partial charge < -0.3 is 9.84 Å². The number of pyridine rings is 1. The van der Waals surface area contributed by atoms with E-state index in [1.54, 1.807) is 79.1 Å². The second kappa shape index (κ2) is 9.09. The topological polar surface area (TPSA) is 106 Å². The first kappa shape index (κ1) is 23.5. The summed E-state index contributed by atoms with van der Waals surface area (Å²) in [6.07, 6.45) is 3.27. The maximum atomic E-state index is 13.2. The number of hydrogen-bond acceptors (Lipinski definition) is 6. The van der Waals surface area contributed by atoms with Crippen molar-refractivity contribution in [3.8, 4) is 21.9 Å². The van der Waals surface area contributed by atoms with Gasteiger partial charge in [-0.05, 0) is 54.4 Å². The Morgan fingerprint density at radius 1 is 1.09 bits per heavy atom. The number of aliphatic carboxylic acids is 1. The molecule has 178 valence electrons. The molecular formula is C25H19ClN2O5S2. The summed E-state index contributed by atoms with van der Waals surface area (Å²) < 4.78 is 34.9. The van der Waals surface area contributed by atoms with Crippen LogP contribution >= 0.6 is 22.9 Å². The van der Waals surface area contributed by atoms with E-state index in [0.717, 1.165) is 21.8 Å². The summed E-state index contributed by atoms with van der Waals surface area (Å²) in [4.78, 5) is 17.1. The van der Waals surface area contributed by atoms with Gasteiger partial charge in [0.15, 0.2) is 0 Å². The van der Waals surface area contributed by atoms with Crippen LogP contribution in [0.5, 0.6) is 11.5 Å². The Kier molecular flexibility index (Phi) is 6.10. The second-order valence-corrected chi connectivity index (χ2v) is 11.5. The van der Waals surface area contributed by atoms with Crippen LogP contribution in [0.1, 0.15) is 17.9 Å². The van der Waals surface area contributed by atoms with E-state index in [-0.39, 0.29) is 10.6 Å². The van der Waals surface area contributed by atoms with Crippen LogP contribution in [0.3, 0.4) is 0 Å². The van der Waals surface area contributed by atoms with Crippen molar-refractivity contribution < 1.29 is 23.1 Å². The zero-order valence-corrected chi connectivity index (χ0v) is 20.5. The van der Waals surface area contributed by atoms with Crippen molar-refractivity contribution in [2.45, 2.75) is 22.1 Å². The van der Waals surface area contributed by atoms with Crippen molar-refractivity contribution in [1.82, 2.24) is 9.71 Å². The fourth-order valence-electron chi connectivity index (χ4n) is 3.95. The highest BCUT2D eigenvalue weighted by Crippen LogP contribution is 2.55. The highest BCUT2D eigenvalue weighted by molar-refractivity contribution is 7.91. The molecule has 10 heteroatoms. The molecule has 2 heterocycles. The van der Waals surface area contributed by atoms with E-state index in [0.29, 0.717) is 22.1 Å². The standard InChI is InChI=1S/C25H19ClN2O5S2/c26-17-9-7-16(8-10-17)22-11-12-23(34-22)35(31,32)28-25(24(29)30)14-20(25)19-5-1-2-6-21(19)33-18-4-3-13-27-15-18/h1-13,15,20,28H,14H2,(H,29,30)/t20-,25+/m0/s1. The molecular weight excluding hydrogens is 508 g/mol. The lowest BCUT2D eigenvalue weighted by atomic mass is 10.1. The molecule has 2 N–H and O–H groups in total. The van der Waals surface area contributed by atoms with Gasteiger partial charge in [-0.3, -0.25) is 9.78 Å². The molecule has 0 spiro atoms. The molecule has 0 unspecified atom stereocenters. The molecule has 1 aliphatic carbocycles. The molecule has 0 bridgehead atoms. The van der Waals surface area contributed by atoms with Crippen molar-refractivity contribution in [3.63, 3.8) is 0 Å². The number of rotatable bonds is 8. The number of ether oxygens (including phenoxy) is 1. The van der Waals surface area contributed by atoms with Gasteiger partial charge in [0.05, 0.1) is 6.20 Å². The number of halogens is 1. The van der Waals surface area contributed by atoms with E-state index in [4.69, 9.17) is 16.3 Å². The van der Waals surface area contributed by atoms with E-state index < -0.39 is 27.4 Å². The summed E-state index contributed by atoms with van der Waals surface area (Å²) in [6, 6.07) is 20.7. The predicted octanol–water partition coefficient (Wildman–Crippen LogP) is 5.55. The van der Waals surface area contributed by atoms with Crippen LogP contribution in [0.25, 0.3) is 10.4 Å². The van der Waals surface area contributed by atoms with Gasteiger partial charge in [-0.25, -0.2) is 8.42 Å². The smallest absolute Gasteiger partial charge is 0.325 e. The van der Waals surface area contributed by atoms with Crippen LogP contribution in [0.15, 0.2) is 89.4 Å². The number of aromatic nitrogens is 1. The first-order valence-corrected chi connectivity index (χ1v) is 13.3. The molecule has 1 aliphatic rings. The van der Waals surface area contributed by atoms with Gasteiger partial charge in [0.2, 0.25) is 0 Å². The van der Waals surface area contributed by atoms with Gasteiger partial charge in [-0.2, -0.15) is 4.72 Å². The number of benzene rings is 2. The maximum absolute atomic E-state index is 13.2. The lowest BCUT2D eigenvalue weighted by molar-refractivity contribution is -0.140. The van der Waals surface area contributed by atoms with Crippen LogP contribution in [-0.4, -0.2) is 30.0 Å². The maximum Gasteiger partial charge on any atom is 0.325 e. The molecule has 0 saturated heterocycles. The number of carboxylic acids is 1. The first-order valence-electron chi connectivity index (χ1n) is 10.6. The monoisotopic (exact) mass is 526 g/mol. The van der Waals surface area contributed by atoms with E-state index >= 15 is 0 Å². The molecule has 2 aromatic heterocycles. The Morgan fingerprint density at radius 2 is 1.86 bits per heavy atom. The minimum absolute atomic E-state index is 0.0358. The third-order valence-electron chi connectivity index (χ3n) is 5.79. The number of sulfonamides is 1. The highest BCUT2D eigenvalue weighted by Gasteiger charge is 2.64. The molecule has 7 nitrogen and oxygen atoms in total. The van der Waals surface area contributed by atoms with E-state index in [2.05, 4.69) is 9.71 Å². The van der Waals surface area contributed by atoms with Gasteiger partial charge in [-0.15, -0.1) is 11.3 Å². The lowest BCUT2D eigenvalue weighted by Crippen LogP contribution is -2.44. The van der Waals surface area contributed by atoms with Crippen molar-refractivity contribution >= 4 is 38.9 Å². The minimum Gasteiger partial charge on any atom is -0.480 e. The van der Waals surface area contributed by atoms with Gasteiger partial charge in [0.25, 0.3) is 10.0 Å². The fraction of sp³-hybridized carbons (Fsp3) is 0.120. The fourth-order valence-corrected chi connectivity index (χ4v) is 6.79. The lowest BCUT2D eigenvalue weighted by Gasteiger charge is -2.16. The second-order valence-electron chi connectivity index (χ2n) is 8.09. The normalized spacial score (nSPS) is 19.3. The van der Waals surface area contributed by atoms with Crippen molar-refractivity contribution in [3.05, 3.63) is 95.8 Å². The molecule has 2 aromatic carbocycles. The van der Waals surface area contributed by atoms with Crippen LogP contribution in [0.4, 0.5) is 0 Å². The summed E-state index contributed by atoms with van der Waals surface area (Å²) in [6.45, 7) is 0. The average Bonchev–Trinajstić information content (AvgIpc) is 3.32. The molecule has 0 radical (unpaired) electrons. The molecule has 35 heavy (non-hydrogen) atoms. The number of nitrogens with one attached hydrogen (secondary N) is 1. The minimum atomic E-state index is -4.10. The zero-order chi connectivity index (χ0) is 24.6.